The predicted molar refractivity (Wildman–Crippen MR) is 69.8 cm³/mol. The summed E-state index contributed by atoms with van der Waals surface area (Å²) in [4.78, 5) is 0. The minimum Gasteiger partial charge on any atom is -0.319 e. The van der Waals surface area contributed by atoms with E-state index in [1.54, 1.807) is 6.07 Å². The lowest BCUT2D eigenvalue weighted by molar-refractivity contribution is 0.295. The molecule has 1 aromatic rings. The number of benzene rings is 1. The second-order valence-electron chi connectivity index (χ2n) is 5.23. The van der Waals surface area contributed by atoms with Gasteiger partial charge in [-0.05, 0) is 56.8 Å². The Kier molecular flexibility index (Phi) is 4.16. The van der Waals surface area contributed by atoms with Gasteiger partial charge in [0.05, 0.1) is 0 Å². The van der Waals surface area contributed by atoms with Gasteiger partial charge in [0, 0.05) is 0 Å². The van der Waals surface area contributed by atoms with Crippen LogP contribution in [-0.2, 0) is 0 Å². The van der Waals surface area contributed by atoms with Crippen LogP contribution in [-0.4, -0.2) is 13.6 Å². The van der Waals surface area contributed by atoms with Gasteiger partial charge < -0.3 is 5.32 Å². The summed E-state index contributed by atoms with van der Waals surface area (Å²) in [6, 6.07) is 5.51. The van der Waals surface area contributed by atoms with Crippen LogP contribution in [0.2, 0.25) is 0 Å². The van der Waals surface area contributed by atoms with Crippen molar-refractivity contribution in [3.63, 3.8) is 0 Å². The highest BCUT2D eigenvalue weighted by molar-refractivity contribution is 5.28. The molecule has 1 N–H and O–H groups in total. The molecule has 1 fully saturated rings. The Bertz CT molecular complexity index is 373. The van der Waals surface area contributed by atoms with Crippen LogP contribution in [0.1, 0.15) is 42.7 Å². The van der Waals surface area contributed by atoms with Crippen molar-refractivity contribution in [3.8, 4) is 0 Å². The van der Waals surface area contributed by atoms with Gasteiger partial charge in [-0.2, -0.15) is 0 Å². The van der Waals surface area contributed by atoms with Crippen molar-refractivity contribution in [3.05, 3.63) is 35.1 Å². The molecule has 2 unspecified atom stereocenters. The lowest BCUT2D eigenvalue weighted by Crippen LogP contribution is -2.28. The van der Waals surface area contributed by atoms with Crippen LogP contribution < -0.4 is 5.32 Å². The third kappa shape index (κ3) is 2.86. The predicted octanol–water partition coefficient (Wildman–Crippen LogP) is 3.63. The number of halogens is 1. The largest absolute Gasteiger partial charge is 0.319 e. The number of rotatable bonds is 3. The van der Waals surface area contributed by atoms with Crippen molar-refractivity contribution in [2.45, 2.75) is 38.5 Å². The Morgan fingerprint density at radius 2 is 2.06 bits per heavy atom. The maximum Gasteiger partial charge on any atom is 0.126 e. The van der Waals surface area contributed by atoms with Gasteiger partial charge in [-0.1, -0.05) is 30.5 Å². The number of hydrogen-bond donors (Lipinski definition) is 1. The van der Waals surface area contributed by atoms with Crippen LogP contribution in [0.25, 0.3) is 0 Å². The fourth-order valence-corrected chi connectivity index (χ4v) is 3.07. The standard InChI is InChI=1S/C15H22FN/c1-11-7-8-15(16)14(9-11)13-6-4-3-5-12(13)10-17-2/h7-9,12-13,17H,3-6,10H2,1-2H3. The second-order valence-corrected chi connectivity index (χ2v) is 5.23. The van der Waals surface area contributed by atoms with Gasteiger partial charge in [0.25, 0.3) is 0 Å². The van der Waals surface area contributed by atoms with Gasteiger partial charge in [-0.15, -0.1) is 0 Å². The molecule has 2 rings (SSSR count). The van der Waals surface area contributed by atoms with E-state index in [4.69, 9.17) is 0 Å². The average Bonchev–Trinajstić information content (AvgIpc) is 2.34. The molecule has 0 radical (unpaired) electrons. The van der Waals surface area contributed by atoms with Crippen LogP contribution in [0.4, 0.5) is 4.39 Å². The first-order valence-electron chi connectivity index (χ1n) is 6.63. The molecule has 1 aliphatic rings. The third-order valence-corrected chi connectivity index (χ3v) is 3.93. The van der Waals surface area contributed by atoms with E-state index in [2.05, 4.69) is 5.32 Å². The van der Waals surface area contributed by atoms with Crippen LogP contribution >= 0.6 is 0 Å². The van der Waals surface area contributed by atoms with Crippen molar-refractivity contribution >= 4 is 0 Å². The maximum absolute atomic E-state index is 13.9. The van der Waals surface area contributed by atoms with E-state index >= 15 is 0 Å². The summed E-state index contributed by atoms with van der Waals surface area (Å²) in [5.41, 5.74) is 2.10. The molecule has 1 nitrogen and oxygen atoms in total. The topological polar surface area (TPSA) is 12.0 Å². The van der Waals surface area contributed by atoms with Crippen molar-refractivity contribution in [2.24, 2.45) is 5.92 Å². The first-order chi connectivity index (χ1) is 8.22. The molecule has 0 bridgehead atoms. The van der Waals surface area contributed by atoms with Crippen LogP contribution in [0, 0.1) is 18.7 Å². The van der Waals surface area contributed by atoms with E-state index in [0.29, 0.717) is 11.8 Å². The monoisotopic (exact) mass is 235 g/mol. The quantitative estimate of drug-likeness (QED) is 0.843. The average molecular weight is 235 g/mol. The summed E-state index contributed by atoms with van der Waals surface area (Å²) in [6.07, 6.45) is 4.88. The zero-order valence-corrected chi connectivity index (χ0v) is 10.8. The maximum atomic E-state index is 13.9. The zero-order valence-electron chi connectivity index (χ0n) is 10.8. The highest BCUT2D eigenvalue weighted by atomic mass is 19.1. The van der Waals surface area contributed by atoms with E-state index in [1.807, 2.05) is 26.1 Å². The minimum absolute atomic E-state index is 0.0244. The molecular formula is C15H22FN. The smallest absolute Gasteiger partial charge is 0.126 e. The summed E-state index contributed by atoms with van der Waals surface area (Å²) < 4.78 is 13.9. The summed E-state index contributed by atoms with van der Waals surface area (Å²) in [5, 5.41) is 3.25. The molecule has 0 aliphatic heterocycles. The fourth-order valence-electron chi connectivity index (χ4n) is 3.07. The summed E-state index contributed by atoms with van der Waals surface area (Å²) in [7, 11) is 1.98. The fraction of sp³-hybridized carbons (Fsp3) is 0.600. The van der Waals surface area contributed by atoms with E-state index < -0.39 is 0 Å². The van der Waals surface area contributed by atoms with E-state index in [0.717, 1.165) is 24.1 Å². The van der Waals surface area contributed by atoms with Crippen molar-refractivity contribution in [2.75, 3.05) is 13.6 Å². The Morgan fingerprint density at radius 1 is 1.29 bits per heavy atom. The summed E-state index contributed by atoms with van der Waals surface area (Å²) in [5.74, 6) is 0.963. The zero-order chi connectivity index (χ0) is 12.3. The first-order valence-corrected chi connectivity index (χ1v) is 6.63. The van der Waals surface area contributed by atoms with Gasteiger partial charge in [0.1, 0.15) is 5.82 Å². The van der Waals surface area contributed by atoms with Gasteiger partial charge in [0.2, 0.25) is 0 Å². The van der Waals surface area contributed by atoms with E-state index in [-0.39, 0.29) is 5.82 Å². The van der Waals surface area contributed by atoms with E-state index in [9.17, 15) is 4.39 Å². The molecule has 0 saturated heterocycles. The number of aryl methyl sites for hydroxylation is 1. The van der Waals surface area contributed by atoms with Crippen molar-refractivity contribution in [1.82, 2.24) is 5.32 Å². The molecule has 2 atom stereocenters. The SMILES string of the molecule is CNCC1CCCCC1c1cc(C)ccc1F. The van der Waals surface area contributed by atoms with Gasteiger partial charge in [0.15, 0.2) is 0 Å². The third-order valence-electron chi connectivity index (χ3n) is 3.93. The molecule has 1 saturated carbocycles. The normalized spacial score (nSPS) is 24.9. The molecule has 0 heterocycles. The number of hydrogen-bond acceptors (Lipinski definition) is 1. The van der Waals surface area contributed by atoms with Crippen molar-refractivity contribution < 1.29 is 4.39 Å². The van der Waals surface area contributed by atoms with E-state index in [1.165, 1.54) is 19.3 Å². The Labute approximate surface area is 103 Å². The molecule has 94 valence electrons. The van der Waals surface area contributed by atoms with Crippen LogP contribution in [0.15, 0.2) is 18.2 Å². The van der Waals surface area contributed by atoms with Crippen molar-refractivity contribution in [1.29, 1.82) is 0 Å². The molecule has 1 aliphatic carbocycles. The highest BCUT2D eigenvalue weighted by Gasteiger charge is 2.27. The Morgan fingerprint density at radius 3 is 2.82 bits per heavy atom. The van der Waals surface area contributed by atoms with Gasteiger partial charge >= 0.3 is 0 Å². The second kappa shape index (κ2) is 5.63. The molecular weight excluding hydrogens is 213 g/mol. The molecule has 0 spiro atoms. The van der Waals surface area contributed by atoms with Crippen LogP contribution in [0.3, 0.4) is 0 Å². The lowest BCUT2D eigenvalue weighted by atomic mass is 9.75. The first kappa shape index (κ1) is 12.6. The van der Waals surface area contributed by atoms with Crippen LogP contribution in [0.5, 0.6) is 0 Å². The molecule has 0 aromatic heterocycles. The highest BCUT2D eigenvalue weighted by Crippen LogP contribution is 2.38. The molecule has 0 amide bonds. The Balaban J connectivity index is 2.25. The Hall–Kier alpha value is -0.890. The minimum atomic E-state index is -0.0244. The molecule has 2 heteroatoms. The summed E-state index contributed by atoms with van der Waals surface area (Å²) in [6.45, 7) is 3.04. The molecule has 1 aromatic carbocycles. The van der Waals surface area contributed by atoms with Gasteiger partial charge in [-0.3, -0.25) is 0 Å². The lowest BCUT2D eigenvalue weighted by Gasteiger charge is -2.32. The van der Waals surface area contributed by atoms with Gasteiger partial charge in [-0.25, -0.2) is 4.39 Å². The molecule has 17 heavy (non-hydrogen) atoms. The summed E-state index contributed by atoms with van der Waals surface area (Å²) >= 11 is 0. The number of nitrogens with one attached hydrogen (secondary N) is 1.